The van der Waals surface area contributed by atoms with Gasteiger partial charge in [-0.2, -0.15) is 8.78 Å². The van der Waals surface area contributed by atoms with Crippen molar-refractivity contribution in [2.45, 2.75) is 19.6 Å². The van der Waals surface area contributed by atoms with Gasteiger partial charge in [0.1, 0.15) is 5.75 Å². The van der Waals surface area contributed by atoms with Gasteiger partial charge in [0.25, 0.3) is 5.91 Å². The lowest BCUT2D eigenvalue weighted by Gasteiger charge is -2.16. The van der Waals surface area contributed by atoms with E-state index in [-0.39, 0.29) is 11.3 Å². The van der Waals surface area contributed by atoms with Gasteiger partial charge in [-0.3, -0.25) is 4.79 Å². The van der Waals surface area contributed by atoms with Gasteiger partial charge in [0.2, 0.25) is 0 Å². The summed E-state index contributed by atoms with van der Waals surface area (Å²) in [5, 5.41) is 3.30. The number of rotatable bonds is 8. The number of anilines is 2. The van der Waals surface area contributed by atoms with E-state index in [0.29, 0.717) is 27.8 Å². The lowest BCUT2D eigenvalue weighted by Crippen LogP contribution is -2.30. The minimum Gasteiger partial charge on any atom is -0.449 e. The van der Waals surface area contributed by atoms with Crippen molar-refractivity contribution in [2.75, 3.05) is 24.3 Å². The molecule has 0 aliphatic rings. The van der Waals surface area contributed by atoms with Crippen molar-refractivity contribution in [1.82, 2.24) is 4.98 Å². The average molecular weight is 506 g/mol. The summed E-state index contributed by atoms with van der Waals surface area (Å²) in [6.07, 6.45) is -1.07. The largest absolute Gasteiger partial charge is 0.449 e. The Hall–Kier alpha value is -4.53. The Morgan fingerprint density at radius 2 is 1.62 bits per heavy atom. The fraction of sp³-hybridized carbons (Fsp3) is 0.179. The summed E-state index contributed by atoms with van der Waals surface area (Å²) in [4.78, 5) is 32.4. The molecule has 4 aromatic rings. The normalized spacial score (nSPS) is 11.7. The Morgan fingerprint density at radius 3 is 2.27 bits per heavy atom. The fourth-order valence-electron chi connectivity index (χ4n) is 3.66. The topological polar surface area (TPSA) is 80.8 Å². The van der Waals surface area contributed by atoms with Crippen LogP contribution in [0.3, 0.4) is 0 Å². The van der Waals surface area contributed by atoms with Gasteiger partial charge in [0.05, 0.1) is 16.8 Å². The molecule has 0 unspecified atom stereocenters. The molecule has 0 saturated heterocycles. The third-order valence-corrected chi connectivity index (χ3v) is 5.62. The summed E-state index contributed by atoms with van der Waals surface area (Å²) in [7, 11) is 3.83. The maximum atomic E-state index is 13.2. The number of hydrogen-bond acceptors (Lipinski definition) is 6. The molecule has 0 aliphatic carbocycles. The molecule has 0 bridgehead atoms. The molecule has 0 spiro atoms. The fourth-order valence-corrected chi connectivity index (χ4v) is 3.66. The number of ether oxygens (including phenoxy) is 2. The minimum atomic E-state index is -2.93. The summed E-state index contributed by atoms with van der Waals surface area (Å²) in [6.45, 7) is -1.43. The van der Waals surface area contributed by atoms with Crippen molar-refractivity contribution in [3.8, 4) is 17.0 Å². The number of esters is 1. The first kappa shape index (κ1) is 25.6. The second-order valence-electron chi connectivity index (χ2n) is 8.45. The molecule has 1 amide bonds. The van der Waals surface area contributed by atoms with E-state index in [1.54, 1.807) is 54.6 Å². The van der Waals surface area contributed by atoms with E-state index in [1.807, 2.05) is 31.1 Å². The zero-order valence-corrected chi connectivity index (χ0v) is 20.4. The van der Waals surface area contributed by atoms with Crippen LogP contribution in [-0.2, 0) is 9.53 Å². The molecule has 9 heteroatoms. The summed E-state index contributed by atoms with van der Waals surface area (Å²) in [5.74, 6) is -1.15. The number of para-hydroxylation sites is 1. The molecule has 0 radical (unpaired) electrons. The van der Waals surface area contributed by atoms with Crippen LogP contribution in [0.15, 0.2) is 78.9 Å². The van der Waals surface area contributed by atoms with Crippen LogP contribution in [-0.4, -0.2) is 43.7 Å². The number of amides is 1. The highest BCUT2D eigenvalue weighted by atomic mass is 19.3. The molecule has 1 aromatic heterocycles. The highest BCUT2D eigenvalue weighted by molar-refractivity contribution is 6.06. The van der Waals surface area contributed by atoms with Gasteiger partial charge < -0.3 is 19.7 Å². The molecule has 1 atom stereocenters. The van der Waals surface area contributed by atoms with Gasteiger partial charge in [-0.15, -0.1) is 0 Å². The second kappa shape index (κ2) is 11.0. The Kier molecular flexibility index (Phi) is 7.62. The average Bonchev–Trinajstić information content (AvgIpc) is 2.88. The molecule has 37 heavy (non-hydrogen) atoms. The number of benzene rings is 3. The van der Waals surface area contributed by atoms with Crippen LogP contribution in [0.1, 0.15) is 17.3 Å². The van der Waals surface area contributed by atoms with E-state index < -0.39 is 24.6 Å². The van der Waals surface area contributed by atoms with Crippen LogP contribution in [0.4, 0.5) is 20.2 Å². The predicted octanol–water partition coefficient (Wildman–Crippen LogP) is 5.75. The molecular weight excluding hydrogens is 480 g/mol. The highest BCUT2D eigenvalue weighted by Crippen LogP contribution is 2.27. The number of hydrogen-bond donors (Lipinski definition) is 1. The van der Waals surface area contributed by atoms with E-state index >= 15 is 0 Å². The lowest BCUT2D eigenvalue weighted by atomic mass is 10.0. The predicted molar refractivity (Wildman–Crippen MR) is 138 cm³/mol. The number of nitrogens with one attached hydrogen (secondary N) is 1. The number of carbonyl (C=O) groups excluding carboxylic acids is 2. The first-order chi connectivity index (χ1) is 17.7. The van der Waals surface area contributed by atoms with E-state index in [1.165, 1.54) is 19.1 Å². The van der Waals surface area contributed by atoms with Crippen molar-refractivity contribution in [1.29, 1.82) is 0 Å². The molecule has 0 aliphatic heterocycles. The Morgan fingerprint density at radius 1 is 0.946 bits per heavy atom. The van der Waals surface area contributed by atoms with Crippen molar-refractivity contribution in [2.24, 2.45) is 0 Å². The third kappa shape index (κ3) is 6.19. The highest BCUT2D eigenvalue weighted by Gasteiger charge is 2.22. The van der Waals surface area contributed by atoms with E-state index in [4.69, 9.17) is 4.74 Å². The summed E-state index contributed by atoms with van der Waals surface area (Å²) < 4.78 is 34.8. The van der Waals surface area contributed by atoms with Gasteiger partial charge in [-0.05, 0) is 67.6 Å². The molecular formula is C28H25F2N3O4. The van der Waals surface area contributed by atoms with Crippen LogP contribution in [0.25, 0.3) is 22.2 Å². The molecule has 190 valence electrons. The third-order valence-electron chi connectivity index (χ3n) is 5.62. The molecule has 1 N–H and O–H groups in total. The SMILES string of the molecule is C[C@H](OC(=O)c1cc(-c2ccc(OC(F)F)cc2)nc2ccccc12)C(=O)Nc1ccc(N(C)C)cc1. The van der Waals surface area contributed by atoms with E-state index in [9.17, 15) is 18.4 Å². The lowest BCUT2D eigenvalue weighted by molar-refractivity contribution is -0.123. The standard InChI is InChI=1S/C28H25F2N3O4/c1-17(26(34)31-19-10-12-20(13-11-19)33(2)3)36-27(35)23-16-25(32-24-7-5-4-6-22(23)24)18-8-14-21(15-9-18)37-28(29)30/h4-17,28H,1-3H3,(H,31,34)/t17-/m0/s1. The number of nitrogens with zero attached hydrogens (tertiary/aromatic N) is 2. The summed E-state index contributed by atoms with van der Waals surface area (Å²) in [5.41, 5.74) is 3.35. The Bertz CT molecular complexity index is 1410. The Balaban J connectivity index is 1.54. The molecule has 7 nitrogen and oxygen atoms in total. The maximum absolute atomic E-state index is 13.2. The smallest absolute Gasteiger partial charge is 0.387 e. The quantitative estimate of drug-likeness (QED) is 0.307. The number of alkyl halides is 2. The van der Waals surface area contributed by atoms with Gasteiger partial charge in [0.15, 0.2) is 6.10 Å². The summed E-state index contributed by atoms with van der Waals surface area (Å²) >= 11 is 0. The van der Waals surface area contributed by atoms with Crippen LogP contribution in [0.2, 0.25) is 0 Å². The van der Waals surface area contributed by atoms with Gasteiger partial charge >= 0.3 is 12.6 Å². The summed E-state index contributed by atoms with van der Waals surface area (Å²) in [6, 6.07) is 21.8. The van der Waals surface area contributed by atoms with E-state index in [0.717, 1.165) is 5.69 Å². The van der Waals surface area contributed by atoms with E-state index in [2.05, 4.69) is 15.0 Å². The maximum Gasteiger partial charge on any atom is 0.387 e. The number of aromatic nitrogens is 1. The first-order valence-corrected chi connectivity index (χ1v) is 11.5. The van der Waals surface area contributed by atoms with Crippen LogP contribution >= 0.6 is 0 Å². The zero-order chi connectivity index (χ0) is 26.5. The van der Waals surface area contributed by atoms with Gasteiger partial charge in [-0.1, -0.05) is 18.2 Å². The van der Waals surface area contributed by atoms with Crippen LogP contribution in [0, 0.1) is 0 Å². The number of fused-ring (bicyclic) bond motifs is 1. The number of pyridine rings is 1. The van der Waals surface area contributed by atoms with Crippen molar-refractivity contribution >= 4 is 34.2 Å². The number of carbonyl (C=O) groups is 2. The molecule has 0 fully saturated rings. The first-order valence-electron chi connectivity index (χ1n) is 11.5. The van der Waals surface area contributed by atoms with Gasteiger partial charge in [-0.25, -0.2) is 9.78 Å². The second-order valence-corrected chi connectivity index (χ2v) is 8.45. The number of halogens is 2. The van der Waals surface area contributed by atoms with Crippen molar-refractivity contribution in [3.63, 3.8) is 0 Å². The minimum absolute atomic E-state index is 0.00960. The van der Waals surface area contributed by atoms with Crippen molar-refractivity contribution in [3.05, 3.63) is 84.4 Å². The molecule has 4 rings (SSSR count). The monoisotopic (exact) mass is 505 g/mol. The molecule has 3 aromatic carbocycles. The zero-order valence-electron chi connectivity index (χ0n) is 20.4. The Labute approximate surface area is 212 Å². The molecule has 1 heterocycles. The van der Waals surface area contributed by atoms with Crippen LogP contribution < -0.4 is 15.0 Å². The van der Waals surface area contributed by atoms with Crippen molar-refractivity contribution < 1.29 is 27.8 Å². The van der Waals surface area contributed by atoms with Crippen LogP contribution in [0.5, 0.6) is 5.75 Å². The molecule has 0 saturated carbocycles. The van der Waals surface area contributed by atoms with Gasteiger partial charge in [0, 0.05) is 36.4 Å².